The Morgan fingerprint density at radius 3 is 2.82 bits per heavy atom. The Morgan fingerprint density at radius 1 is 1.41 bits per heavy atom. The Morgan fingerprint density at radius 2 is 2.18 bits per heavy atom. The number of nitrogens with one attached hydrogen (secondary N) is 1. The van der Waals surface area contributed by atoms with Gasteiger partial charge in [-0.05, 0) is 22.0 Å². The topological polar surface area (TPSA) is 68.0 Å². The minimum absolute atomic E-state index is 0.0724. The molecule has 5 nitrogen and oxygen atoms in total. The predicted octanol–water partition coefficient (Wildman–Crippen LogP) is 3.39. The van der Waals surface area contributed by atoms with Crippen LogP contribution in [0.2, 0.25) is 10.2 Å². The maximum atomic E-state index is 11.8. The van der Waals surface area contributed by atoms with Crippen molar-refractivity contribution < 1.29 is 9.21 Å². The number of aromatic nitrogens is 2. The van der Waals surface area contributed by atoms with Gasteiger partial charge in [-0.1, -0.05) is 23.2 Å². The van der Waals surface area contributed by atoms with Crippen molar-refractivity contribution in [2.24, 2.45) is 0 Å². The van der Waals surface area contributed by atoms with Gasteiger partial charge in [0.1, 0.15) is 11.3 Å². The molecule has 0 saturated heterocycles. The van der Waals surface area contributed by atoms with E-state index in [0.29, 0.717) is 10.2 Å². The molecule has 0 saturated carbocycles. The Bertz CT molecular complexity index is 573. The second kappa shape index (κ2) is 5.03. The SMILES string of the molecule is O=C(Nc1ncnc(Cl)c1Cl)c1ccoc1Br. The number of amides is 1. The van der Waals surface area contributed by atoms with Crippen molar-refractivity contribution in [1.29, 1.82) is 0 Å². The molecule has 0 fully saturated rings. The Balaban J connectivity index is 2.25. The van der Waals surface area contributed by atoms with Crippen LogP contribution in [-0.4, -0.2) is 15.9 Å². The lowest BCUT2D eigenvalue weighted by Gasteiger charge is -2.05. The number of anilines is 1. The molecular formula is C9H4BrCl2N3O2. The van der Waals surface area contributed by atoms with Gasteiger partial charge in [-0.2, -0.15) is 0 Å². The van der Waals surface area contributed by atoms with Crippen molar-refractivity contribution in [3.8, 4) is 0 Å². The summed E-state index contributed by atoms with van der Waals surface area (Å²) < 4.78 is 5.27. The molecule has 2 aromatic heterocycles. The van der Waals surface area contributed by atoms with E-state index in [1.54, 1.807) is 0 Å². The van der Waals surface area contributed by atoms with Crippen LogP contribution in [0.5, 0.6) is 0 Å². The molecule has 0 aromatic carbocycles. The van der Waals surface area contributed by atoms with Gasteiger partial charge in [0.15, 0.2) is 15.6 Å². The molecule has 0 unspecified atom stereocenters. The largest absolute Gasteiger partial charge is 0.457 e. The van der Waals surface area contributed by atoms with Crippen molar-refractivity contribution >= 4 is 50.9 Å². The summed E-state index contributed by atoms with van der Waals surface area (Å²) in [7, 11) is 0. The molecule has 1 N–H and O–H groups in total. The van der Waals surface area contributed by atoms with Crippen molar-refractivity contribution in [2.45, 2.75) is 0 Å². The van der Waals surface area contributed by atoms with Crippen LogP contribution in [0.25, 0.3) is 0 Å². The van der Waals surface area contributed by atoms with Crippen molar-refractivity contribution in [1.82, 2.24) is 9.97 Å². The lowest BCUT2D eigenvalue weighted by Crippen LogP contribution is -2.13. The van der Waals surface area contributed by atoms with Gasteiger partial charge in [-0.25, -0.2) is 9.97 Å². The average molecular weight is 337 g/mol. The fourth-order valence-corrected chi connectivity index (χ4v) is 1.76. The van der Waals surface area contributed by atoms with Gasteiger partial charge in [-0.15, -0.1) is 0 Å². The second-order valence-electron chi connectivity index (χ2n) is 2.89. The number of halogens is 3. The predicted molar refractivity (Wildman–Crippen MR) is 66.4 cm³/mol. The fraction of sp³-hybridized carbons (Fsp3) is 0. The molecule has 0 radical (unpaired) electrons. The lowest BCUT2D eigenvalue weighted by molar-refractivity contribution is 0.102. The third-order valence-corrected chi connectivity index (χ3v) is 3.20. The van der Waals surface area contributed by atoms with Gasteiger partial charge in [0, 0.05) is 0 Å². The molecule has 2 heterocycles. The van der Waals surface area contributed by atoms with Crippen molar-refractivity contribution in [2.75, 3.05) is 5.32 Å². The maximum absolute atomic E-state index is 11.8. The van der Waals surface area contributed by atoms with E-state index in [-0.39, 0.29) is 16.0 Å². The van der Waals surface area contributed by atoms with E-state index < -0.39 is 5.91 Å². The fourth-order valence-electron chi connectivity index (χ4n) is 1.07. The normalized spacial score (nSPS) is 10.3. The van der Waals surface area contributed by atoms with E-state index >= 15 is 0 Å². The van der Waals surface area contributed by atoms with Gasteiger partial charge < -0.3 is 9.73 Å². The first kappa shape index (κ1) is 12.3. The highest BCUT2D eigenvalue weighted by Crippen LogP contribution is 2.26. The highest BCUT2D eigenvalue weighted by atomic mass is 79.9. The van der Waals surface area contributed by atoms with Crippen LogP contribution < -0.4 is 5.32 Å². The van der Waals surface area contributed by atoms with E-state index in [2.05, 4.69) is 31.2 Å². The Kier molecular flexibility index (Phi) is 3.66. The van der Waals surface area contributed by atoms with E-state index in [0.717, 1.165) is 0 Å². The molecule has 0 atom stereocenters. The van der Waals surface area contributed by atoms with Crippen LogP contribution in [0.15, 0.2) is 27.7 Å². The monoisotopic (exact) mass is 335 g/mol. The summed E-state index contributed by atoms with van der Waals surface area (Å²) in [6, 6.07) is 1.51. The minimum atomic E-state index is -0.415. The number of rotatable bonds is 2. The Hall–Kier alpha value is -1.11. The molecule has 1 amide bonds. The second-order valence-corrected chi connectivity index (χ2v) is 4.35. The number of hydrogen-bond acceptors (Lipinski definition) is 4. The zero-order chi connectivity index (χ0) is 12.4. The summed E-state index contributed by atoms with van der Waals surface area (Å²) in [6.07, 6.45) is 2.59. The summed E-state index contributed by atoms with van der Waals surface area (Å²) in [5, 5.41) is 2.66. The van der Waals surface area contributed by atoms with E-state index in [4.69, 9.17) is 27.6 Å². The van der Waals surface area contributed by atoms with Crippen molar-refractivity contribution in [3.05, 3.63) is 39.1 Å². The molecule has 0 aliphatic rings. The summed E-state index contributed by atoms with van der Waals surface area (Å²) in [4.78, 5) is 19.3. The molecule has 88 valence electrons. The van der Waals surface area contributed by atoms with Crippen LogP contribution in [0.1, 0.15) is 10.4 Å². The van der Waals surface area contributed by atoms with Crippen LogP contribution in [0.3, 0.4) is 0 Å². The molecule has 0 aliphatic carbocycles. The summed E-state index contributed by atoms with van der Waals surface area (Å²) in [5.41, 5.74) is 0.329. The molecule has 0 spiro atoms. The molecule has 0 aliphatic heterocycles. The zero-order valence-corrected chi connectivity index (χ0v) is 11.2. The number of carbonyl (C=O) groups excluding carboxylic acids is 1. The van der Waals surface area contributed by atoms with E-state index in [9.17, 15) is 4.79 Å². The molecule has 8 heteroatoms. The highest BCUT2D eigenvalue weighted by molar-refractivity contribution is 9.10. The highest BCUT2D eigenvalue weighted by Gasteiger charge is 2.16. The van der Waals surface area contributed by atoms with Crippen LogP contribution in [0.4, 0.5) is 5.82 Å². The number of carbonyl (C=O) groups is 1. The Labute approximate surface area is 114 Å². The van der Waals surface area contributed by atoms with Gasteiger partial charge >= 0.3 is 0 Å². The summed E-state index contributed by atoms with van der Waals surface area (Å²) in [5.74, 6) is -0.271. The first-order valence-electron chi connectivity index (χ1n) is 4.30. The number of furan rings is 1. The first-order valence-corrected chi connectivity index (χ1v) is 5.85. The molecule has 0 bridgehead atoms. The van der Waals surface area contributed by atoms with E-state index in [1.165, 1.54) is 18.7 Å². The minimum Gasteiger partial charge on any atom is -0.457 e. The zero-order valence-electron chi connectivity index (χ0n) is 8.08. The van der Waals surface area contributed by atoms with Crippen LogP contribution >= 0.6 is 39.1 Å². The van der Waals surface area contributed by atoms with Gasteiger partial charge in [0.05, 0.1) is 11.8 Å². The van der Waals surface area contributed by atoms with Gasteiger partial charge in [0.25, 0.3) is 5.91 Å². The smallest absolute Gasteiger partial charge is 0.261 e. The first-order chi connectivity index (χ1) is 8.09. The average Bonchev–Trinajstić information content (AvgIpc) is 2.71. The lowest BCUT2D eigenvalue weighted by atomic mass is 10.3. The maximum Gasteiger partial charge on any atom is 0.261 e. The molecule has 2 aromatic rings. The van der Waals surface area contributed by atoms with E-state index in [1.807, 2.05) is 0 Å². The third kappa shape index (κ3) is 2.59. The molecular weight excluding hydrogens is 333 g/mol. The number of hydrogen-bond donors (Lipinski definition) is 1. The molecule has 17 heavy (non-hydrogen) atoms. The van der Waals surface area contributed by atoms with Crippen LogP contribution in [0, 0.1) is 0 Å². The third-order valence-electron chi connectivity index (χ3n) is 1.84. The summed E-state index contributed by atoms with van der Waals surface area (Å²) >= 11 is 14.6. The van der Waals surface area contributed by atoms with Gasteiger partial charge in [-0.3, -0.25) is 4.79 Å². The van der Waals surface area contributed by atoms with Crippen molar-refractivity contribution in [3.63, 3.8) is 0 Å². The van der Waals surface area contributed by atoms with Crippen LogP contribution in [-0.2, 0) is 0 Å². The number of nitrogens with zero attached hydrogens (tertiary/aromatic N) is 2. The standard InChI is InChI=1S/C9H4BrCl2N3O2/c10-6-4(1-2-17-6)9(16)15-8-5(11)7(12)13-3-14-8/h1-3H,(H,13,14,15,16). The quantitative estimate of drug-likeness (QED) is 0.853. The summed E-state index contributed by atoms with van der Waals surface area (Å²) in [6.45, 7) is 0. The molecule has 2 rings (SSSR count). The van der Waals surface area contributed by atoms with Gasteiger partial charge in [0.2, 0.25) is 0 Å².